The molecule has 48 heavy (non-hydrogen) atoms. The Labute approximate surface area is 280 Å². The van der Waals surface area contributed by atoms with E-state index in [-0.39, 0.29) is 43.5 Å². The molecule has 1 fully saturated rings. The summed E-state index contributed by atoms with van der Waals surface area (Å²) in [5.41, 5.74) is 3.11. The molecule has 4 aromatic carbocycles. The lowest BCUT2D eigenvalue weighted by Crippen LogP contribution is -2.58. The van der Waals surface area contributed by atoms with Crippen molar-refractivity contribution in [3.63, 3.8) is 0 Å². The Balaban J connectivity index is 1.38. The highest BCUT2D eigenvalue weighted by Crippen LogP contribution is 2.40. The summed E-state index contributed by atoms with van der Waals surface area (Å²) in [6.07, 6.45) is -4.08. The molecular weight excluding hydrogens is 608 g/mol. The van der Waals surface area contributed by atoms with Crippen molar-refractivity contribution in [1.82, 2.24) is 0 Å². The number of benzene rings is 4. The Hall–Kier alpha value is -4.57. The summed E-state index contributed by atoms with van der Waals surface area (Å²) < 4.78 is 38.4. The van der Waals surface area contributed by atoms with E-state index in [1.807, 2.05) is 121 Å². The first-order valence-electron chi connectivity index (χ1n) is 16.1. The molecule has 1 aliphatic rings. The number of ether oxygens (including phenoxy) is 5. The second-order valence-electron chi connectivity index (χ2n) is 11.8. The van der Waals surface area contributed by atoms with Crippen LogP contribution in [0.25, 0.3) is 0 Å². The molecular formula is C40H40O8. The van der Waals surface area contributed by atoms with Crippen LogP contribution in [-0.2, 0) is 50.1 Å². The Morgan fingerprint density at radius 2 is 1.04 bits per heavy atom. The largest absolute Gasteiger partial charge is 0.507 e. The first-order chi connectivity index (χ1) is 23.5. The van der Waals surface area contributed by atoms with Gasteiger partial charge in [-0.3, -0.25) is 0 Å². The molecule has 2 heterocycles. The van der Waals surface area contributed by atoms with Gasteiger partial charge in [0.2, 0.25) is 0 Å². The van der Waals surface area contributed by atoms with E-state index < -0.39 is 36.1 Å². The summed E-state index contributed by atoms with van der Waals surface area (Å²) in [5.74, 6) is 0.0407. The molecule has 6 rings (SSSR count). The molecule has 1 aliphatic heterocycles. The van der Waals surface area contributed by atoms with Gasteiger partial charge in [0.15, 0.2) is 0 Å². The molecule has 5 atom stereocenters. The van der Waals surface area contributed by atoms with Crippen molar-refractivity contribution >= 4 is 0 Å². The minimum atomic E-state index is -1.06. The van der Waals surface area contributed by atoms with E-state index in [1.165, 1.54) is 6.07 Å². The maximum absolute atomic E-state index is 13.4. The predicted molar refractivity (Wildman–Crippen MR) is 180 cm³/mol. The van der Waals surface area contributed by atoms with Gasteiger partial charge in [-0.2, -0.15) is 0 Å². The smallest absolute Gasteiger partial charge is 0.345 e. The predicted octanol–water partition coefficient (Wildman–Crippen LogP) is 7.07. The molecule has 5 aromatic rings. The van der Waals surface area contributed by atoms with Crippen molar-refractivity contribution in [3.05, 3.63) is 171 Å². The fourth-order valence-corrected chi connectivity index (χ4v) is 5.89. The number of rotatable bonds is 14. The summed E-state index contributed by atoms with van der Waals surface area (Å²) in [7, 11) is 0. The molecule has 8 nitrogen and oxygen atoms in total. The second kappa shape index (κ2) is 16.5. The van der Waals surface area contributed by atoms with E-state index in [9.17, 15) is 9.90 Å². The van der Waals surface area contributed by atoms with Crippen LogP contribution in [0, 0.1) is 6.92 Å². The molecule has 0 spiro atoms. The molecule has 0 bridgehead atoms. The minimum absolute atomic E-state index is 0.0402. The summed E-state index contributed by atoms with van der Waals surface area (Å²) in [4.78, 5) is 13.4. The number of hydrogen-bond donors (Lipinski definition) is 1. The summed E-state index contributed by atoms with van der Waals surface area (Å²) in [6.45, 7) is 2.81. The lowest BCUT2D eigenvalue weighted by atomic mass is 9.90. The lowest BCUT2D eigenvalue weighted by Gasteiger charge is -2.46. The van der Waals surface area contributed by atoms with Crippen LogP contribution < -0.4 is 5.63 Å². The van der Waals surface area contributed by atoms with Crippen LogP contribution in [-0.4, -0.2) is 36.1 Å². The van der Waals surface area contributed by atoms with E-state index in [0.29, 0.717) is 6.61 Å². The van der Waals surface area contributed by atoms with Crippen molar-refractivity contribution in [3.8, 4) is 5.75 Å². The van der Waals surface area contributed by atoms with Crippen LogP contribution in [0.5, 0.6) is 5.75 Å². The van der Waals surface area contributed by atoms with Gasteiger partial charge in [0, 0.05) is 6.07 Å². The molecule has 1 aromatic heterocycles. The quantitative estimate of drug-likeness (QED) is 0.137. The van der Waals surface area contributed by atoms with Crippen LogP contribution >= 0.6 is 0 Å². The molecule has 1 N–H and O–H groups in total. The maximum atomic E-state index is 13.4. The van der Waals surface area contributed by atoms with Crippen LogP contribution in [0.4, 0.5) is 0 Å². The Kier molecular flexibility index (Phi) is 11.5. The van der Waals surface area contributed by atoms with Crippen LogP contribution in [0.1, 0.15) is 39.7 Å². The molecule has 1 saturated heterocycles. The SMILES string of the molecule is Cc1cc(O)c([C@H]2O[C@H](COCc3ccccc3)[C@H](OCc3ccccc3)[C@H](OCc3ccccc3)[C@H]2OCc2ccccc2)c(=O)o1. The summed E-state index contributed by atoms with van der Waals surface area (Å²) in [6, 6.07) is 40.7. The van der Waals surface area contributed by atoms with Gasteiger partial charge in [0.05, 0.1) is 33.0 Å². The van der Waals surface area contributed by atoms with Crippen molar-refractivity contribution in [2.45, 2.75) is 63.9 Å². The first kappa shape index (κ1) is 33.3. The first-order valence-corrected chi connectivity index (χ1v) is 16.1. The zero-order valence-electron chi connectivity index (χ0n) is 26.9. The van der Waals surface area contributed by atoms with Gasteiger partial charge < -0.3 is 33.2 Å². The maximum Gasteiger partial charge on any atom is 0.345 e. The van der Waals surface area contributed by atoms with Gasteiger partial charge in [-0.05, 0) is 29.2 Å². The lowest BCUT2D eigenvalue weighted by molar-refractivity contribution is -0.275. The minimum Gasteiger partial charge on any atom is -0.507 e. The van der Waals surface area contributed by atoms with Crippen molar-refractivity contribution in [1.29, 1.82) is 0 Å². The van der Waals surface area contributed by atoms with Gasteiger partial charge in [0.1, 0.15) is 47.6 Å². The highest BCUT2D eigenvalue weighted by Gasteiger charge is 2.50. The molecule has 0 saturated carbocycles. The second-order valence-corrected chi connectivity index (χ2v) is 11.8. The zero-order valence-corrected chi connectivity index (χ0v) is 26.9. The number of aromatic hydroxyl groups is 1. The van der Waals surface area contributed by atoms with Crippen molar-refractivity contribution in [2.24, 2.45) is 0 Å². The van der Waals surface area contributed by atoms with Gasteiger partial charge >= 0.3 is 5.63 Å². The van der Waals surface area contributed by atoms with E-state index in [2.05, 4.69) is 0 Å². The van der Waals surface area contributed by atoms with Crippen LogP contribution in [0.3, 0.4) is 0 Å². The third-order valence-electron chi connectivity index (χ3n) is 8.26. The molecule has 0 amide bonds. The molecule has 248 valence electrons. The van der Waals surface area contributed by atoms with E-state index >= 15 is 0 Å². The fraction of sp³-hybridized carbons (Fsp3) is 0.275. The molecule has 0 unspecified atom stereocenters. The monoisotopic (exact) mass is 648 g/mol. The van der Waals surface area contributed by atoms with Gasteiger partial charge in [-0.1, -0.05) is 121 Å². The average Bonchev–Trinajstić information content (AvgIpc) is 3.11. The Morgan fingerprint density at radius 1 is 0.604 bits per heavy atom. The Morgan fingerprint density at radius 3 is 1.52 bits per heavy atom. The van der Waals surface area contributed by atoms with Crippen LogP contribution in [0.2, 0.25) is 0 Å². The zero-order chi connectivity index (χ0) is 33.1. The average molecular weight is 649 g/mol. The van der Waals surface area contributed by atoms with Gasteiger partial charge in [-0.25, -0.2) is 4.79 Å². The highest BCUT2D eigenvalue weighted by atomic mass is 16.6. The molecule has 0 radical (unpaired) electrons. The Bertz CT molecular complexity index is 1740. The third-order valence-corrected chi connectivity index (χ3v) is 8.26. The highest BCUT2D eigenvalue weighted by molar-refractivity contribution is 5.33. The van der Waals surface area contributed by atoms with Gasteiger partial charge in [0.25, 0.3) is 0 Å². The third kappa shape index (κ3) is 8.66. The number of aryl methyl sites for hydroxylation is 1. The topological polar surface area (TPSA) is 96.6 Å². The van der Waals surface area contributed by atoms with E-state index in [1.54, 1.807) is 6.92 Å². The summed E-state index contributed by atoms with van der Waals surface area (Å²) >= 11 is 0. The molecule has 0 aliphatic carbocycles. The van der Waals surface area contributed by atoms with Crippen LogP contribution in [0.15, 0.2) is 137 Å². The number of hydrogen-bond acceptors (Lipinski definition) is 8. The normalized spacial score (nSPS) is 20.8. The van der Waals surface area contributed by atoms with Gasteiger partial charge in [-0.15, -0.1) is 0 Å². The van der Waals surface area contributed by atoms with E-state index in [4.69, 9.17) is 28.1 Å². The van der Waals surface area contributed by atoms with Crippen molar-refractivity contribution in [2.75, 3.05) is 6.61 Å². The standard InChI is InChI=1S/C40H40O8/c1-28-22-33(41)35(40(42)47-28)37-39(46-26-32-20-12-5-13-21-32)38(45-25-31-18-10-4-11-19-31)36(44-24-30-16-8-3-9-17-30)34(48-37)27-43-23-29-14-6-2-7-15-29/h2-22,34,36-39,41H,23-27H2,1H3/t34-,36+,37-,38+,39+/m1/s1. The van der Waals surface area contributed by atoms with Crippen molar-refractivity contribution < 1.29 is 33.2 Å². The summed E-state index contributed by atoms with van der Waals surface area (Å²) in [5, 5.41) is 11.2. The van der Waals surface area contributed by atoms with E-state index in [0.717, 1.165) is 22.3 Å². The molecule has 8 heteroatoms. The fourth-order valence-electron chi connectivity index (χ4n) is 5.89.